The van der Waals surface area contributed by atoms with Crippen molar-refractivity contribution >= 4 is 5.97 Å². The second-order valence-corrected chi connectivity index (χ2v) is 3.28. The third-order valence-electron chi connectivity index (χ3n) is 1.92. The lowest BCUT2D eigenvalue weighted by Crippen LogP contribution is -2.34. The Bertz CT molecular complexity index is 165. The monoisotopic (exact) mass is 218 g/mol. The molecule has 0 aliphatic carbocycles. The van der Waals surface area contributed by atoms with E-state index in [9.17, 15) is 4.79 Å². The highest BCUT2D eigenvalue weighted by molar-refractivity contribution is 5.71. The van der Waals surface area contributed by atoms with E-state index in [1.807, 2.05) is 7.05 Å². The molecule has 15 heavy (non-hydrogen) atoms. The zero-order valence-corrected chi connectivity index (χ0v) is 9.91. The van der Waals surface area contributed by atoms with Gasteiger partial charge >= 0.3 is 5.97 Å². The molecule has 0 unspecified atom stereocenters. The molecule has 0 radical (unpaired) electrons. The SMILES string of the molecule is CCOC(=O)CNCCN(C)CCOC. The number of hydrogen-bond donors (Lipinski definition) is 1. The number of esters is 1. The third-order valence-corrected chi connectivity index (χ3v) is 1.92. The van der Waals surface area contributed by atoms with E-state index in [1.165, 1.54) is 0 Å². The van der Waals surface area contributed by atoms with Crippen molar-refractivity contribution in [3.8, 4) is 0 Å². The van der Waals surface area contributed by atoms with Gasteiger partial charge in [0.25, 0.3) is 0 Å². The smallest absolute Gasteiger partial charge is 0.319 e. The van der Waals surface area contributed by atoms with Crippen LogP contribution >= 0.6 is 0 Å². The summed E-state index contributed by atoms with van der Waals surface area (Å²) in [7, 11) is 3.71. The number of nitrogens with zero attached hydrogens (tertiary/aromatic N) is 1. The molecule has 0 aromatic rings. The molecule has 0 atom stereocenters. The fourth-order valence-electron chi connectivity index (χ4n) is 1.03. The van der Waals surface area contributed by atoms with Crippen molar-refractivity contribution in [3.63, 3.8) is 0 Å². The van der Waals surface area contributed by atoms with E-state index in [1.54, 1.807) is 14.0 Å². The molecule has 0 heterocycles. The Morgan fingerprint density at radius 2 is 2.13 bits per heavy atom. The molecule has 0 saturated carbocycles. The molecule has 0 aliphatic rings. The van der Waals surface area contributed by atoms with Crippen LogP contribution in [0.2, 0.25) is 0 Å². The zero-order valence-electron chi connectivity index (χ0n) is 9.91. The van der Waals surface area contributed by atoms with Gasteiger partial charge in [0.15, 0.2) is 0 Å². The van der Waals surface area contributed by atoms with Gasteiger partial charge in [-0.15, -0.1) is 0 Å². The van der Waals surface area contributed by atoms with Crippen molar-refractivity contribution in [1.29, 1.82) is 0 Å². The Labute approximate surface area is 91.7 Å². The molecule has 1 N–H and O–H groups in total. The lowest BCUT2D eigenvalue weighted by molar-refractivity contribution is -0.142. The van der Waals surface area contributed by atoms with Crippen LogP contribution in [0.5, 0.6) is 0 Å². The highest BCUT2D eigenvalue weighted by Crippen LogP contribution is 1.81. The van der Waals surface area contributed by atoms with E-state index in [-0.39, 0.29) is 12.5 Å². The molecule has 0 aromatic carbocycles. The Morgan fingerprint density at radius 1 is 1.40 bits per heavy atom. The summed E-state index contributed by atoms with van der Waals surface area (Å²) in [6, 6.07) is 0. The molecule has 5 nitrogen and oxygen atoms in total. The molecular weight excluding hydrogens is 196 g/mol. The van der Waals surface area contributed by atoms with Crippen LogP contribution in [-0.4, -0.2) is 64.4 Å². The first-order valence-electron chi connectivity index (χ1n) is 5.24. The normalized spacial score (nSPS) is 10.7. The predicted molar refractivity (Wildman–Crippen MR) is 58.9 cm³/mol. The number of nitrogens with one attached hydrogen (secondary N) is 1. The minimum absolute atomic E-state index is 0.197. The Balaban J connectivity index is 3.26. The lowest BCUT2D eigenvalue weighted by atomic mass is 10.5. The maximum atomic E-state index is 10.9. The quantitative estimate of drug-likeness (QED) is 0.426. The van der Waals surface area contributed by atoms with Gasteiger partial charge in [0, 0.05) is 26.7 Å². The van der Waals surface area contributed by atoms with Crippen molar-refractivity contribution in [2.24, 2.45) is 0 Å². The molecule has 0 rings (SSSR count). The molecule has 90 valence electrons. The van der Waals surface area contributed by atoms with Crippen LogP contribution in [-0.2, 0) is 14.3 Å². The maximum absolute atomic E-state index is 10.9. The summed E-state index contributed by atoms with van der Waals surface area (Å²) in [5.74, 6) is -0.197. The van der Waals surface area contributed by atoms with Crippen LogP contribution in [0.4, 0.5) is 0 Å². The van der Waals surface area contributed by atoms with Crippen LogP contribution < -0.4 is 5.32 Å². The van der Waals surface area contributed by atoms with E-state index in [2.05, 4.69) is 10.2 Å². The minimum atomic E-state index is -0.197. The number of hydrogen-bond acceptors (Lipinski definition) is 5. The number of carbonyl (C=O) groups is 1. The molecule has 0 bridgehead atoms. The molecule has 0 amide bonds. The van der Waals surface area contributed by atoms with Gasteiger partial charge < -0.3 is 19.7 Å². The van der Waals surface area contributed by atoms with Crippen molar-refractivity contribution in [2.45, 2.75) is 6.92 Å². The molecular formula is C10H22N2O3. The topological polar surface area (TPSA) is 50.8 Å². The standard InChI is InChI=1S/C10H22N2O3/c1-4-15-10(13)9-11-5-6-12(2)7-8-14-3/h11H,4-9H2,1-3H3. The summed E-state index contributed by atoms with van der Waals surface area (Å²) in [6.45, 7) is 5.82. The maximum Gasteiger partial charge on any atom is 0.319 e. The fourth-order valence-corrected chi connectivity index (χ4v) is 1.03. The van der Waals surface area contributed by atoms with Gasteiger partial charge in [-0.2, -0.15) is 0 Å². The van der Waals surface area contributed by atoms with Crippen LogP contribution in [0.25, 0.3) is 0 Å². The predicted octanol–water partition coefficient (Wildman–Crippen LogP) is -0.283. The second kappa shape index (κ2) is 9.89. The molecule has 0 fully saturated rings. The Hall–Kier alpha value is -0.650. The number of rotatable bonds is 9. The van der Waals surface area contributed by atoms with Crippen LogP contribution in [0.1, 0.15) is 6.92 Å². The molecule has 5 heteroatoms. The first-order chi connectivity index (χ1) is 7.20. The highest BCUT2D eigenvalue weighted by atomic mass is 16.5. The van der Waals surface area contributed by atoms with Gasteiger partial charge in [0.1, 0.15) is 0 Å². The van der Waals surface area contributed by atoms with Gasteiger partial charge in [-0.1, -0.05) is 0 Å². The summed E-state index contributed by atoms with van der Waals surface area (Å²) in [4.78, 5) is 13.1. The average molecular weight is 218 g/mol. The molecule has 0 saturated heterocycles. The van der Waals surface area contributed by atoms with Gasteiger partial charge in [-0.3, -0.25) is 4.79 Å². The summed E-state index contributed by atoms with van der Waals surface area (Å²) in [5, 5.41) is 3.02. The first kappa shape index (κ1) is 14.3. The van der Waals surface area contributed by atoms with Crippen molar-refractivity contribution < 1.29 is 14.3 Å². The van der Waals surface area contributed by atoms with E-state index in [0.29, 0.717) is 6.61 Å². The van der Waals surface area contributed by atoms with Crippen molar-refractivity contribution in [3.05, 3.63) is 0 Å². The fraction of sp³-hybridized carbons (Fsp3) is 0.900. The van der Waals surface area contributed by atoms with Crippen molar-refractivity contribution in [1.82, 2.24) is 10.2 Å². The minimum Gasteiger partial charge on any atom is -0.465 e. The van der Waals surface area contributed by atoms with Crippen LogP contribution in [0, 0.1) is 0 Å². The first-order valence-corrected chi connectivity index (χ1v) is 5.24. The van der Waals surface area contributed by atoms with Gasteiger partial charge in [-0.05, 0) is 14.0 Å². The summed E-state index contributed by atoms with van der Waals surface area (Å²) in [6.07, 6.45) is 0. The van der Waals surface area contributed by atoms with Gasteiger partial charge in [0.05, 0.1) is 19.8 Å². The van der Waals surface area contributed by atoms with Gasteiger partial charge in [-0.25, -0.2) is 0 Å². The van der Waals surface area contributed by atoms with Crippen LogP contribution in [0.3, 0.4) is 0 Å². The molecule has 0 aliphatic heterocycles. The zero-order chi connectivity index (χ0) is 11.5. The summed E-state index contributed by atoms with van der Waals surface area (Å²) < 4.78 is 9.73. The number of likely N-dealkylation sites (N-methyl/N-ethyl adjacent to an activating group) is 1. The average Bonchev–Trinajstić information content (AvgIpc) is 2.22. The van der Waals surface area contributed by atoms with Gasteiger partial charge in [0.2, 0.25) is 0 Å². The van der Waals surface area contributed by atoms with Crippen molar-refractivity contribution in [2.75, 3.05) is 53.6 Å². The van der Waals surface area contributed by atoms with E-state index >= 15 is 0 Å². The van der Waals surface area contributed by atoms with E-state index in [4.69, 9.17) is 9.47 Å². The second-order valence-electron chi connectivity index (χ2n) is 3.28. The summed E-state index contributed by atoms with van der Waals surface area (Å²) in [5.41, 5.74) is 0. The number of ether oxygens (including phenoxy) is 2. The molecule has 0 spiro atoms. The third kappa shape index (κ3) is 9.65. The Kier molecular flexibility index (Phi) is 9.46. The Morgan fingerprint density at radius 3 is 2.73 bits per heavy atom. The lowest BCUT2D eigenvalue weighted by Gasteiger charge is -2.15. The molecule has 0 aromatic heterocycles. The summed E-state index contributed by atoms with van der Waals surface area (Å²) >= 11 is 0. The van der Waals surface area contributed by atoms with E-state index < -0.39 is 0 Å². The number of methoxy groups -OCH3 is 1. The van der Waals surface area contributed by atoms with Crippen LogP contribution in [0.15, 0.2) is 0 Å². The number of carbonyl (C=O) groups excluding carboxylic acids is 1. The van der Waals surface area contributed by atoms with E-state index in [0.717, 1.165) is 26.2 Å². The highest BCUT2D eigenvalue weighted by Gasteiger charge is 2.01. The largest absolute Gasteiger partial charge is 0.465 e.